The SMILES string of the molecule is O=C(O)N1CCCC(c2nc(N=C(c3ccccc3)c3ccccc3)cc3[nH]cnc23)C1. The zero-order chi connectivity index (χ0) is 21.9. The van der Waals surface area contributed by atoms with Gasteiger partial charge in [0.1, 0.15) is 5.52 Å². The van der Waals surface area contributed by atoms with Gasteiger partial charge in [0.15, 0.2) is 5.82 Å². The Bertz CT molecular complexity index is 1230. The van der Waals surface area contributed by atoms with Gasteiger partial charge in [-0.25, -0.2) is 19.8 Å². The minimum absolute atomic E-state index is 0.0160. The number of nitrogens with one attached hydrogen (secondary N) is 1. The molecule has 3 heterocycles. The number of benzene rings is 2. The summed E-state index contributed by atoms with van der Waals surface area (Å²) in [7, 11) is 0. The van der Waals surface area contributed by atoms with Crippen molar-refractivity contribution in [2.24, 2.45) is 4.99 Å². The normalized spacial score (nSPS) is 16.1. The summed E-state index contributed by atoms with van der Waals surface area (Å²) in [4.78, 5) is 30.5. The molecule has 0 radical (unpaired) electrons. The van der Waals surface area contributed by atoms with Gasteiger partial charge in [0, 0.05) is 36.2 Å². The maximum absolute atomic E-state index is 11.5. The molecule has 1 fully saturated rings. The van der Waals surface area contributed by atoms with Gasteiger partial charge in [-0.05, 0) is 12.8 Å². The van der Waals surface area contributed by atoms with Crippen LogP contribution < -0.4 is 0 Å². The first-order chi connectivity index (χ1) is 15.7. The molecular weight excluding hydrogens is 402 g/mol. The van der Waals surface area contributed by atoms with Crippen molar-refractivity contribution in [3.63, 3.8) is 0 Å². The molecule has 2 N–H and O–H groups in total. The lowest BCUT2D eigenvalue weighted by Crippen LogP contribution is -2.38. The maximum Gasteiger partial charge on any atom is 0.407 e. The summed E-state index contributed by atoms with van der Waals surface area (Å²) in [5.41, 5.74) is 5.26. The predicted molar refractivity (Wildman–Crippen MR) is 124 cm³/mol. The molecule has 0 aliphatic carbocycles. The van der Waals surface area contributed by atoms with Crippen molar-refractivity contribution in [2.75, 3.05) is 13.1 Å². The van der Waals surface area contributed by atoms with Crippen LogP contribution in [0.25, 0.3) is 11.0 Å². The Hall–Kier alpha value is -4.00. The largest absolute Gasteiger partial charge is 0.465 e. The van der Waals surface area contributed by atoms with E-state index in [1.807, 2.05) is 66.7 Å². The van der Waals surface area contributed by atoms with Crippen LogP contribution in [-0.4, -0.2) is 49.9 Å². The van der Waals surface area contributed by atoms with Crippen LogP contribution in [0.1, 0.15) is 35.6 Å². The standard InChI is InChI=1S/C25H23N5O2/c31-25(32)30-13-7-12-19(15-30)23-24-20(26-16-27-24)14-21(29-23)28-22(17-8-3-1-4-9-17)18-10-5-2-6-11-18/h1-6,8-11,14,16,19H,7,12-13,15H2,(H,26,27)(H,31,32). The number of imidazole rings is 1. The summed E-state index contributed by atoms with van der Waals surface area (Å²) in [6, 6.07) is 22.0. The highest BCUT2D eigenvalue weighted by atomic mass is 16.4. The summed E-state index contributed by atoms with van der Waals surface area (Å²) in [5, 5.41) is 9.46. The average molecular weight is 425 g/mol. The third-order valence-corrected chi connectivity index (χ3v) is 5.82. The molecule has 0 bridgehead atoms. The van der Waals surface area contributed by atoms with E-state index < -0.39 is 6.09 Å². The molecule has 7 heteroatoms. The number of carboxylic acid groups (broad SMARTS) is 1. The molecule has 0 spiro atoms. The fourth-order valence-corrected chi connectivity index (χ4v) is 4.27. The van der Waals surface area contributed by atoms with E-state index in [4.69, 9.17) is 9.98 Å². The number of aromatic amines is 1. The van der Waals surface area contributed by atoms with E-state index in [0.717, 1.165) is 46.4 Å². The quantitative estimate of drug-likeness (QED) is 0.451. The van der Waals surface area contributed by atoms with Crippen LogP contribution in [-0.2, 0) is 0 Å². The van der Waals surface area contributed by atoms with Crippen LogP contribution in [0.3, 0.4) is 0 Å². The number of nitrogens with zero attached hydrogens (tertiary/aromatic N) is 4. The molecule has 5 rings (SSSR count). The first-order valence-electron chi connectivity index (χ1n) is 10.7. The van der Waals surface area contributed by atoms with Gasteiger partial charge in [-0.15, -0.1) is 0 Å². The number of hydrogen-bond donors (Lipinski definition) is 2. The van der Waals surface area contributed by atoms with E-state index in [-0.39, 0.29) is 5.92 Å². The number of likely N-dealkylation sites (tertiary alicyclic amines) is 1. The zero-order valence-corrected chi connectivity index (χ0v) is 17.5. The minimum Gasteiger partial charge on any atom is -0.465 e. The lowest BCUT2D eigenvalue weighted by Gasteiger charge is -2.30. The molecule has 1 saturated heterocycles. The van der Waals surface area contributed by atoms with E-state index in [2.05, 4.69) is 9.97 Å². The maximum atomic E-state index is 11.5. The summed E-state index contributed by atoms with van der Waals surface area (Å²) >= 11 is 0. The lowest BCUT2D eigenvalue weighted by atomic mass is 9.93. The molecule has 32 heavy (non-hydrogen) atoms. The van der Waals surface area contributed by atoms with Crippen LogP contribution in [0, 0.1) is 0 Å². The Balaban J connectivity index is 1.62. The van der Waals surface area contributed by atoms with Gasteiger partial charge in [0.25, 0.3) is 0 Å². The molecule has 7 nitrogen and oxygen atoms in total. The number of H-pyrrole nitrogens is 1. The van der Waals surface area contributed by atoms with Crippen LogP contribution in [0.4, 0.5) is 10.6 Å². The molecule has 2 aromatic carbocycles. The Morgan fingerprint density at radius 1 is 1.06 bits per heavy atom. The van der Waals surface area contributed by atoms with E-state index in [9.17, 15) is 9.90 Å². The molecule has 4 aromatic rings. The van der Waals surface area contributed by atoms with Crippen LogP contribution >= 0.6 is 0 Å². The number of hydrogen-bond acceptors (Lipinski definition) is 4. The second-order valence-electron chi connectivity index (χ2n) is 7.92. The number of rotatable bonds is 4. The first kappa shape index (κ1) is 19.9. The highest BCUT2D eigenvalue weighted by Crippen LogP contribution is 2.32. The number of aromatic nitrogens is 3. The van der Waals surface area contributed by atoms with Crippen LogP contribution in [0.15, 0.2) is 78.0 Å². The van der Waals surface area contributed by atoms with Crippen molar-refractivity contribution >= 4 is 28.7 Å². The molecule has 1 unspecified atom stereocenters. The van der Waals surface area contributed by atoms with Gasteiger partial charge in [0.05, 0.1) is 23.2 Å². The van der Waals surface area contributed by atoms with Crippen molar-refractivity contribution < 1.29 is 9.90 Å². The average Bonchev–Trinajstić information content (AvgIpc) is 3.32. The van der Waals surface area contributed by atoms with Gasteiger partial charge < -0.3 is 15.0 Å². The molecule has 160 valence electrons. The summed E-state index contributed by atoms with van der Waals surface area (Å²) in [6.07, 6.45) is 2.43. The van der Waals surface area contributed by atoms with Gasteiger partial charge >= 0.3 is 6.09 Å². The van der Waals surface area contributed by atoms with Crippen LogP contribution in [0.5, 0.6) is 0 Å². The Kier molecular flexibility index (Phi) is 5.37. The van der Waals surface area contributed by atoms with E-state index in [1.165, 1.54) is 4.90 Å². The highest BCUT2D eigenvalue weighted by Gasteiger charge is 2.27. The van der Waals surface area contributed by atoms with Gasteiger partial charge in [-0.2, -0.15) is 0 Å². The number of fused-ring (bicyclic) bond motifs is 1. The van der Waals surface area contributed by atoms with Crippen molar-refractivity contribution in [3.05, 3.63) is 89.9 Å². The number of pyridine rings is 1. The van der Waals surface area contributed by atoms with Crippen molar-refractivity contribution in [3.8, 4) is 0 Å². The Morgan fingerprint density at radius 3 is 2.41 bits per heavy atom. The van der Waals surface area contributed by atoms with Crippen molar-refractivity contribution in [1.82, 2.24) is 19.9 Å². The molecule has 2 aromatic heterocycles. The smallest absolute Gasteiger partial charge is 0.407 e. The molecule has 1 amide bonds. The zero-order valence-electron chi connectivity index (χ0n) is 17.5. The molecular formula is C25H23N5O2. The number of carbonyl (C=O) groups is 1. The third kappa shape index (κ3) is 3.97. The molecule has 0 saturated carbocycles. The van der Waals surface area contributed by atoms with E-state index in [1.54, 1.807) is 6.33 Å². The van der Waals surface area contributed by atoms with Gasteiger partial charge in [-0.3, -0.25) is 0 Å². The molecule has 1 aliphatic rings. The monoisotopic (exact) mass is 425 g/mol. The highest BCUT2D eigenvalue weighted by molar-refractivity contribution is 6.13. The summed E-state index contributed by atoms with van der Waals surface area (Å²) in [5.74, 6) is 0.560. The minimum atomic E-state index is -0.891. The van der Waals surface area contributed by atoms with Gasteiger partial charge in [0.2, 0.25) is 0 Å². The van der Waals surface area contributed by atoms with Crippen LogP contribution in [0.2, 0.25) is 0 Å². The van der Waals surface area contributed by atoms with Crippen molar-refractivity contribution in [2.45, 2.75) is 18.8 Å². The van der Waals surface area contributed by atoms with Crippen molar-refractivity contribution in [1.29, 1.82) is 0 Å². The predicted octanol–water partition coefficient (Wildman–Crippen LogP) is 4.98. The van der Waals surface area contributed by atoms with E-state index >= 15 is 0 Å². The second-order valence-corrected chi connectivity index (χ2v) is 7.92. The van der Waals surface area contributed by atoms with Gasteiger partial charge in [-0.1, -0.05) is 60.7 Å². The topological polar surface area (TPSA) is 94.5 Å². The Morgan fingerprint density at radius 2 is 1.75 bits per heavy atom. The van der Waals surface area contributed by atoms with E-state index in [0.29, 0.717) is 18.9 Å². The Labute approximate surface area is 185 Å². The number of aliphatic imine (C=N–C) groups is 1. The fraction of sp³-hybridized carbons (Fsp3) is 0.200. The molecule has 1 aliphatic heterocycles. The number of piperidine rings is 1. The lowest BCUT2D eigenvalue weighted by molar-refractivity contribution is 0.130. The summed E-state index contributed by atoms with van der Waals surface area (Å²) in [6.45, 7) is 0.973. The fourth-order valence-electron chi connectivity index (χ4n) is 4.27. The number of amides is 1. The summed E-state index contributed by atoms with van der Waals surface area (Å²) < 4.78 is 0. The third-order valence-electron chi connectivity index (χ3n) is 5.82. The first-order valence-corrected chi connectivity index (χ1v) is 10.7. The molecule has 1 atom stereocenters. The second kappa shape index (κ2) is 8.63.